The van der Waals surface area contributed by atoms with E-state index in [4.69, 9.17) is 9.47 Å². The van der Waals surface area contributed by atoms with E-state index in [2.05, 4.69) is 0 Å². The van der Waals surface area contributed by atoms with Crippen molar-refractivity contribution in [1.29, 1.82) is 0 Å². The van der Waals surface area contributed by atoms with E-state index in [-0.39, 0.29) is 5.97 Å². The minimum Gasteiger partial charge on any atom is -0.435 e. The summed E-state index contributed by atoms with van der Waals surface area (Å²) >= 11 is 0. The molecule has 0 saturated carbocycles. The number of hydrogen-bond donors (Lipinski definition) is 0. The number of carbonyl (C=O) groups excluding carboxylic acids is 1. The molecule has 0 spiro atoms. The Balaban J connectivity index is 2.27. The number of rotatable bonds is 6. The summed E-state index contributed by atoms with van der Waals surface area (Å²) < 4.78 is 10.7. The largest absolute Gasteiger partial charge is 0.435 e. The molecule has 0 bridgehead atoms. The second kappa shape index (κ2) is 7.60. The van der Waals surface area contributed by atoms with E-state index in [1.165, 1.54) is 0 Å². The van der Waals surface area contributed by atoms with Gasteiger partial charge in [0.1, 0.15) is 5.92 Å². The maximum Gasteiger partial charge on any atom is 0.320 e. The quantitative estimate of drug-likeness (QED) is 0.598. The van der Waals surface area contributed by atoms with Gasteiger partial charge in [-0.1, -0.05) is 60.7 Å². The molecule has 0 fully saturated rings. The van der Waals surface area contributed by atoms with Crippen LogP contribution < -0.4 is 0 Å². The fourth-order valence-corrected chi connectivity index (χ4v) is 2.26. The van der Waals surface area contributed by atoms with Crippen molar-refractivity contribution in [3.8, 4) is 0 Å². The summed E-state index contributed by atoms with van der Waals surface area (Å²) in [6.07, 6.45) is -0.544. The molecule has 0 aliphatic heterocycles. The Morgan fingerprint density at radius 3 is 1.86 bits per heavy atom. The molecule has 1 atom stereocenters. The molecule has 110 valence electrons. The van der Waals surface area contributed by atoms with Crippen molar-refractivity contribution in [3.63, 3.8) is 0 Å². The third-order valence-corrected chi connectivity index (χ3v) is 3.19. The van der Waals surface area contributed by atoms with Crippen LogP contribution in [0, 0.1) is 0 Å². The van der Waals surface area contributed by atoms with Crippen LogP contribution in [-0.2, 0) is 14.3 Å². The molecule has 1 unspecified atom stereocenters. The molecule has 0 N–H and O–H groups in total. The summed E-state index contributed by atoms with van der Waals surface area (Å²) in [5, 5.41) is 0. The van der Waals surface area contributed by atoms with Gasteiger partial charge in [-0.15, -0.1) is 0 Å². The van der Waals surface area contributed by atoms with Crippen molar-refractivity contribution in [2.75, 3.05) is 6.61 Å². The molecule has 0 aromatic heterocycles. The Hall–Kier alpha value is -2.13. The van der Waals surface area contributed by atoms with Gasteiger partial charge in [0.15, 0.2) is 6.29 Å². The summed E-state index contributed by atoms with van der Waals surface area (Å²) in [7, 11) is 0. The topological polar surface area (TPSA) is 35.5 Å². The van der Waals surface area contributed by atoms with Crippen LogP contribution in [0.3, 0.4) is 0 Å². The molecule has 2 aromatic rings. The van der Waals surface area contributed by atoms with Crippen LogP contribution in [0.25, 0.3) is 0 Å². The Labute approximate surface area is 125 Å². The lowest BCUT2D eigenvalue weighted by atomic mass is 9.91. The molecule has 0 aliphatic rings. The van der Waals surface area contributed by atoms with Crippen LogP contribution in [0.2, 0.25) is 0 Å². The standard InChI is InChI=1S/C18H20O3/c1-3-20-14(2)21-18(19)17(15-10-6-4-7-11-15)16-12-8-5-9-13-16/h4-14,17H,3H2,1-2H3. The zero-order valence-corrected chi connectivity index (χ0v) is 12.4. The fourth-order valence-electron chi connectivity index (χ4n) is 2.26. The van der Waals surface area contributed by atoms with Crippen LogP contribution in [0.15, 0.2) is 60.7 Å². The maximum absolute atomic E-state index is 12.5. The van der Waals surface area contributed by atoms with Crippen LogP contribution in [-0.4, -0.2) is 18.9 Å². The van der Waals surface area contributed by atoms with E-state index >= 15 is 0 Å². The Bertz CT molecular complexity index is 512. The first kappa shape index (κ1) is 15.3. The molecule has 3 nitrogen and oxygen atoms in total. The zero-order chi connectivity index (χ0) is 15.1. The average Bonchev–Trinajstić information content (AvgIpc) is 2.50. The van der Waals surface area contributed by atoms with Gasteiger partial charge in [-0.25, -0.2) is 0 Å². The second-order valence-electron chi connectivity index (χ2n) is 4.71. The summed E-state index contributed by atoms with van der Waals surface area (Å²) in [5.74, 6) is -0.733. The number of ether oxygens (including phenoxy) is 2. The van der Waals surface area contributed by atoms with Gasteiger partial charge in [0.05, 0.1) is 0 Å². The summed E-state index contributed by atoms with van der Waals surface area (Å²) in [5.41, 5.74) is 1.83. The molecule has 0 saturated heterocycles. The first-order chi connectivity index (χ1) is 10.2. The first-order valence-corrected chi connectivity index (χ1v) is 7.14. The second-order valence-corrected chi connectivity index (χ2v) is 4.71. The zero-order valence-electron chi connectivity index (χ0n) is 12.4. The molecular formula is C18H20O3. The SMILES string of the molecule is CCOC(C)OC(=O)C(c1ccccc1)c1ccccc1. The van der Waals surface area contributed by atoms with E-state index in [9.17, 15) is 4.79 Å². The molecular weight excluding hydrogens is 264 g/mol. The highest BCUT2D eigenvalue weighted by Crippen LogP contribution is 2.26. The highest BCUT2D eigenvalue weighted by Gasteiger charge is 2.25. The van der Waals surface area contributed by atoms with Crippen molar-refractivity contribution in [3.05, 3.63) is 71.8 Å². The average molecular weight is 284 g/mol. The van der Waals surface area contributed by atoms with E-state index < -0.39 is 12.2 Å². The van der Waals surface area contributed by atoms with E-state index in [1.807, 2.05) is 67.6 Å². The predicted molar refractivity (Wildman–Crippen MR) is 81.9 cm³/mol. The molecule has 21 heavy (non-hydrogen) atoms. The molecule has 2 aromatic carbocycles. The highest BCUT2D eigenvalue weighted by atomic mass is 16.7. The number of hydrogen-bond acceptors (Lipinski definition) is 3. The van der Waals surface area contributed by atoms with Gasteiger partial charge in [0.25, 0.3) is 0 Å². The van der Waals surface area contributed by atoms with Gasteiger partial charge >= 0.3 is 5.97 Å². The van der Waals surface area contributed by atoms with Crippen LogP contribution in [0.1, 0.15) is 30.9 Å². The number of esters is 1. The van der Waals surface area contributed by atoms with Crippen LogP contribution in [0.5, 0.6) is 0 Å². The molecule has 0 radical (unpaired) electrons. The third-order valence-electron chi connectivity index (χ3n) is 3.19. The minimum absolute atomic E-state index is 0.298. The van der Waals surface area contributed by atoms with Gasteiger partial charge < -0.3 is 9.47 Å². The highest BCUT2D eigenvalue weighted by molar-refractivity contribution is 5.82. The normalized spacial score (nSPS) is 12.1. The minimum atomic E-state index is -0.544. The van der Waals surface area contributed by atoms with Gasteiger partial charge in [-0.3, -0.25) is 4.79 Å². The lowest BCUT2D eigenvalue weighted by Crippen LogP contribution is -2.24. The van der Waals surface area contributed by atoms with Crippen molar-refractivity contribution >= 4 is 5.97 Å². The van der Waals surface area contributed by atoms with Gasteiger partial charge in [-0.2, -0.15) is 0 Å². The predicted octanol–water partition coefficient (Wildman–Crippen LogP) is 3.74. The van der Waals surface area contributed by atoms with Crippen molar-refractivity contribution in [2.45, 2.75) is 26.1 Å². The summed E-state index contributed by atoms with van der Waals surface area (Å²) in [4.78, 5) is 12.5. The smallest absolute Gasteiger partial charge is 0.320 e. The lowest BCUT2D eigenvalue weighted by Gasteiger charge is -2.20. The van der Waals surface area contributed by atoms with E-state index in [0.717, 1.165) is 11.1 Å². The van der Waals surface area contributed by atoms with Crippen molar-refractivity contribution in [1.82, 2.24) is 0 Å². The van der Waals surface area contributed by atoms with Crippen LogP contribution >= 0.6 is 0 Å². The summed E-state index contributed by atoms with van der Waals surface area (Å²) in [6.45, 7) is 4.11. The number of carbonyl (C=O) groups is 1. The van der Waals surface area contributed by atoms with E-state index in [0.29, 0.717) is 6.61 Å². The van der Waals surface area contributed by atoms with Gasteiger partial charge in [-0.05, 0) is 25.0 Å². The lowest BCUT2D eigenvalue weighted by molar-refractivity contribution is -0.174. The molecule has 2 rings (SSSR count). The Kier molecular flexibility index (Phi) is 5.52. The third kappa shape index (κ3) is 4.17. The monoisotopic (exact) mass is 284 g/mol. The molecule has 0 amide bonds. The molecule has 0 heterocycles. The Morgan fingerprint density at radius 1 is 0.952 bits per heavy atom. The Morgan fingerprint density at radius 2 is 1.43 bits per heavy atom. The first-order valence-electron chi connectivity index (χ1n) is 7.14. The van der Waals surface area contributed by atoms with Crippen LogP contribution in [0.4, 0.5) is 0 Å². The summed E-state index contributed by atoms with van der Waals surface area (Å²) in [6, 6.07) is 19.3. The molecule has 3 heteroatoms. The van der Waals surface area contributed by atoms with Crippen molar-refractivity contribution in [2.24, 2.45) is 0 Å². The number of benzene rings is 2. The maximum atomic E-state index is 12.5. The van der Waals surface area contributed by atoms with Gasteiger partial charge in [0, 0.05) is 6.61 Å². The van der Waals surface area contributed by atoms with Crippen molar-refractivity contribution < 1.29 is 14.3 Å². The fraction of sp³-hybridized carbons (Fsp3) is 0.278. The van der Waals surface area contributed by atoms with E-state index in [1.54, 1.807) is 6.92 Å². The van der Waals surface area contributed by atoms with Gasteiger partial charge in [0.2, 0.25) is 0 Å². The molecule has 0 aliphatic carbocycles.